The normalized spacial score (nSPS) is 11.5. The van der Waals surface area contributed by atoms with Gasteiger partial charge < -0.3 is 25.0 Å². The maximum atomic E-state index is 12.0. The predicted molar refractivity (Wildman–Crippen MR) is 169 cm³/mol. The van der Waals surface area contributed by atoms with Gasteiger partial charge in [0.15, 0.2) is 5.03 Å². The lowest BCUT2D eigenvalue weighted by molar-refractivity contribution is -0.485. The maximum Gasteiger partial charge on any atom is 0.305 e. The van der Waals surface area contributed by atoms with Crippen molar-refractivity contribution in [1.82, 2.24) is 15.5 Å². The van der Waals surface area contributed by atoms with Gasteiger partial charge in [-0.25, -0.2) is 10.1 Å². The van der Waals surface area contributed by atoms with Crippen LogP contribution in [0.2, 0.25) is 0 Å². The lowest BCUT2D eigenvalue weighted by Gasteiger charge is -2.22. The Hall–Kier alpha value is -2.43. The zero-order valence-electron chi connectivity index (χ0n) is 27.0. The van der Waals surface area contributed by atoms with E-state index in [1.165, 1.54) is 39.2 Å². The van der Waals surface area contributed by atoms with Gasteiger partial charge in [0, 0.05) is 26.4 Å². The van der Waals surface area contributed by atoms with Gasteiger partial charge >= 0.3 is 11.9 Å². The SMILES string of the molecule is CCCCCCCCCOC(=O)CCCCCCCN(CCCCCCCC(=O)OC)CCCN/C(=N/[N+](=O)[O-])NC. The Morgan fingerprint density at radius 1 is 0.738 bits per heavy atom. The fourth-order valence-corrected chi connectivity index (χ4v) is 4.79. The van der Waals surface area contributed by atoms with Gasteiger partial charge in [-0.1, -0.05) is 84.0 Å². The molecule has 246 valence electrons. The molecular weight excluding hydrogens is 538 g/mol. The van der Waals surface area contributed by atoms with Crippen LogP contribution in [0, 0.1) is 10.1 Å². The van der Waals surface area contributed by atoms with Crippen molar-refractivity contribution in [1.29, 1.82) is 0 Å². The van der Waals surface area contributed by atoms with Gasteiger partial charge in [0.05, 0.1) is 13.7 Å². The van der Waals surface area contributed by atoms with Crippen LogP contribution in [0.25, 0.3) is 0 Å². The summed E-state index contributed by atoms with van der Waals surface area (Å²) < 4.78 is 10.1. The monoisotopic (exact) mass is 599 g/mol. The second-order valence-electron chi connectivity index (χ2n) is 11.0. The van der Waals surface area contributed by atoms with Crippen molar-refractivity contribution in [2.24, 2.45) is 5.10 Å². The van der Waals surface area contributed by atoms with Crippen LogP contribution < -0.4 is 10.6 Å². The number of hydrogen-bond donors (Lipinski definition) is 2. The van der Waals surface area contributed by atoms with E-state index in [0.717, 1.165) is 103 Å². The van der Waals surface area contributed by atoms with E-state index >= 15 is 0 Å². The molecule has 0 radical (unpaired) electrons. The van der Waals surface area contributed by atoms with Crippen molar-refractivity contribution in [2.45, 2.75) is 135 Å². The van der Waals surface area contributed by atoms with Crippen molar-refractivity contribution in [3.05, 3.63) is 10.1 Å². The number of hydrazone groups is 1. The standard InChI is InChI=1S/C31H61N5O6/c1-4-5-6-7-8-15-20-28-42-30(38)23-17-12-10-14-19-26-35(25-18-13-9-11-16-22-29(37)41-3)27-21-24-33-31(32-2)34-36(39)40/h4-28H2,1-3H3,(H2,32,33,34). The van der Waals surface area contributed by atoms with Crippen LogP contribution in [0.3, 0.4) is 0 Å². The molecule has 0 aliphatic carbocycles. The minimum absolute atomic E-state index is 0.0595. The molecule has 0 saturated heterocycles. The predicted octanol–water partition coefficient (Wildman–Crippen LogP) is 6.18. The Kier molecular flexibility index (Phi) is 28.3. The van der Waals surface area contributed by atoms with E-state index in [2.05, 4.69) is 27.6 Å². The first-order chi connectivity index (χ1) is 20.4. The van der Waals surface area contributed by atoms with Crippen molar-refractivity contribution < 1.29 is 24.1 Å². The minimum Gasteiger partial charge on any atom is -0.469 e. The second-order valence-corrected chi connectivity index (χ2v) is 11.0. The molecule has 0 spiro atoms. The lowest BCUT2D eigenvalue weighted by atomic mass is 10.1. The van der Waals surface area contributed by atoms with Crippen LogP contribution >= 0.6 is 0 Å². The zero-order valence-corrected chi connectivity index (χ0v) is 27.0. The summed E-state index contributed by atoms with van der Waals surface area (Å²) >= 11 is 0. The van der Waals surface area contributed by atoms with E-state index in [4.69, 9.17) is 9.47 Å². The number of esters is 2. The largest absolute Gasteiger partial charge is 0.469 e. The summed E-state index contributed by atoms with van der Waals surface area (Å²) in [5.74, 6) is -0.0332. The van der Waals surface area contributed by atoms with Gasteiger partial charge in [-0.15, -0.1) is 0 Å². The van der Waals surface area contributed by atoms with E-state index in [1.807, 2.05) is 0 Å². The Bertz CT molecular complexity index is 707. The summed E-state index contributed by atoms with van der Waals surface area (Å²) in [7, 11) is 3.03. The summed E-state index contributed by atoms with van der Waals surface area (Å²) in [5, 5.41) is 18.9. The summed E-state index contributed by atoms with van der Waals surface area (Å²) in [5.41, 5.74) is 0. The number of carbonyl (C=O) groups excluding carboxylic acids is 2. The molecule has 0 rings (SSSR count). The minimum atomic E-state index is -0.712. The molecule has 11 nitrogen and oxygen atoms in total. The Balaban J connectivity index is 4.11. The quantitative estimate of drug-likeness (QED) is 0.0258. The number of methoxy groups -OCH3 is 1. The molecule has 11 heteroatoms. The average molecular weight is 600 g/mol. The van der Waals surface area contributed by atoms with Crippen molar-refractivity contribution in [3.63, 3.8) is 0 Å². The van der Waals surface area contributed by atoms with E-state index < -0.39 is 5.03 Å². The first-order valence-corrected chi connectivity index (χ1v) is 16.5. The number of hydrogen-bond acceptors (Lipinski definition) is 7. The van der Waals surface area contributed by atoms with E-state index in [0.29, 0.717) is 26.0 Å². The number of carbonyl (C=O) groups is 2. The van der Waals surface area contributed by atoms with Gasteiger partial charge in [-0.2, -0.15) is 0 Å². The lowest BCUT2D eigenvalue weighted by Crippen LogP contribution is -2.37. The summed E-state index contributed by atoms with van der Waals surface area (Å²) in [6, 6.07) is 0. The zero-order chi connectivity index (χ0) is 31.1. The third kappa shape index (κ3) is 27.7. The topological polar surface area (TPSA) is 135 Å². The number of rotatable bonds is 29. The highest BCUT2D eigenvalue weighted by Gasteiger charge is 2.08. The molecule has 0 aromatic heterocycles. The smallest absolute Gasteiger partial charge is 0.305 e. The fraction of sp³-hybridized carbons (Fsp3) is 0.903. The summed E-state index contributed by atoms with van der Waals surface area (Å²) in [6.07, 6.45) is 21.0. The number of nitro groups is 1. The van der Waals surface area contributed by atoms with Gasteiger partial charge in [-0.3, -0.25) is 9.59 Å². The number of nitrogens with one attached hydrogen (secondary N) is 2. The molecule has 2 N–H and O–H groups in total. The average Bonchev–Trinajstić information content (AvgIpc) is 2.97. The molecule has 0 aliphatic heterocycles. The third-order valence-electron chi connectivity index (χ3n) is 7.31. The second kappa shape index (κ2) is 30.0. The number of guanidine groups is 1. The van der Waals surface area contributed by atoms with E-state index in [9.17, 15) is 19.7 Å². The number of ether oxygens (including phenoxy) is 2. The molecule has 0 saturated carbocycles. The Labute approximate surface area is 255 Å². The van der Waals surface area contributed by atoms with Crippen LogP contribution in [0.1, 0.15) is 135 Å². The fourth-order valence-electron chi connectivity index (χ4n) is 4.79. The molecule has 0 bridgehead atoms. The van der Waals surface area contributed by atoms with Crippen molar-refractivity contribution >= 4 is 17.9 Å². The van der Waals surface area contributed by atoms with E-state index in [-0.39, 0.29) is 17.9 Å². The van der Waals surface area contributed by atoms with Crippen LogP contribution in [0.5, 0.6) is 0 Å². The summed E-state index contributed by atoms with van der Waals surface area (Å²) in [4.78, 5) is 36.3. The van der Waals surface area contributed by atoms with E-state index in [1.54, 1.807) is 7.05 Å². The van der Waals surface area contributed by atoms with Crippen LogP contribution in [-0.2, 0) is 19.1 Å². The highest BCUT2D eigenvalue weighted by Crippen LogP contribution is 2.11. The molecule has 42 heavy (non-hydrogen) atoms. The van der Waals surface area contributed by atoms with Crippen molar-refractivity contribution in [3.8, 4) is 0 Å². The molecule has 0 aromatic carbocycles. The first-order valence-electron chi connectivity index (χ1n) is 16.5. The molecule has 0 atom stereocenters. The molecule has 0 amide bonds. The molecule has 0 aromatic rings. The van der Waals surface area contributed by atoms with Crippen LogP contribution in [-0.4, -0.2) is 74.8 Å². The highest BCUT2D eigenvalue weighted by atomic mass is 16.7. The van der Waals surface area contributed by atoms with Gasteiger partial charge in [0.25, 0.3) is 5.96 Å². The molecule has 0 aliphatic rings. The highest BCUT2D eigenvalue weighted by molar-refractivity contribution is 5.78. The number of nitrogens with zero attached hydrogens (tertiary/aromatic N) is 3. The Morgan fingerprint density at radius 2 is 1.24 bits per heavy atom. The first kappa shape index (κ1) is 39.6. The van der Waals surface area contributed by atoms with Crippen molar-refractivity contribution in [2.75, 3.05) is 46.9 Å². The third-order valence-corrected chi connectivity index (χ3v) is 7.31. The van der Waals surface area contributed by atoms with Gasteiger partial charge in [-0.05, 0) is 58.2 Å². The van der Waals surface area contributed by atoms with Gasteiger partial charge in [0.1, 0.15) is 5.10 Å². The molecule has 0 heterocycles. The number of unbranched alkanes of at least 4 members (excludes halogenated alkanes) is 14. The van der Waals surface area contributed by atoms with Gasteiger partial charge in [0.2, 0.25) is 0 Å². The molecule has 0 unspecified atom stereocenters. The molecular formula is C31H61N5O6. The Morgan fingerprint density at radius 3 is 1.79 bits per heavy atom. The summed E-state index contributed by atoms with van der Waals surface area (Å²) in [6.45, 7) is 6.34. The molecule has 0 fully saturated rings. The maximum absolute atomic E-state index is 12.0. The van der Waals surface area contributed by atoms with Crippen LogP contribution in [0.4, 0.5) is 0 Å². The van der Waals surface area contributed by atoms with Crippen LogP contribution in [0.15, 0.2) is 5.10 Å².